The fourth-order valence-electron chi connectivity index (χ4n) is 2.80. The first kappa shape index (κ1) is 18.9. The van der Waals surface area contributed by atoms with Crippen molar-refractivity contribution in [2.45, 2.75) is 12.8 Å². The summed E-state index contributed by atoms with van der Waals surface area (Å²) in [5.41, 5.74) is 16.0. The molecule has 26 heavy (non-hydrogen) atoms. The Labute approximate surface area is 154 Å². The van der Waals surface area contributed by atoms with Gasteiger partial charge >= 0.3 is 0 Å². The van der Waals surface area contributed by atoms with Crippen LogP contribution in [0.15, 0.2) is 85.2 Å². The minimum absolute atomic E-state index is 0.118. The van der Waals surface area contributed by atoms with Crippen molar-refractivity contribution in [2.75, 3.05) is 0 Å². The lowest BCUT2D eigenvalue weighted by molar-refractivity contribution is 0.472. The SMILES string of the molecule is C=CCC(=C(N)C(N)=C(CC=C)c1ccccc1O)c1ccccc1O. The Bertz CT molecular complexity index is 806. The predicted molar refractivity (Wildman–Crippen MR) is 108 cm³/mol. The molecule has 0 spiro atoms. The second-order valence-corrected chi connectivity index (χ2v) is 5.80. The first-order valence-electron chi connectivity index (χ1n) is 8.27. The summed E-state index contributed by atoms with van der Waals surface area (Å²) in [4.78, 5) is 0. The minimum atomic E-state index is 0.118. The summed E-state index contributed by atoms with van der Waals surface area (Å²) < 4.78 is 0. The molecule has 0 unspecified atom stereocenters. The van der Waals surface area contributed by atoms with Crippen LogP contribution in [-0.2, 0) is 0 Å². The molecule has 0 aliphatic rings. The summed E-state index contributed by atoms with van der Waals surface area (Å²) in [7, 11) is 0. The molecule has 2 rings (SSSR count). The van der Waals surface area contributed by atoms with Crippen molar-refractivity contribution in [3.63, 3.8) is 0 Å². The smallest absolute Gasteiger partial charge is 0.123 e. The molecule has 0 heterocycles. The van der Waals surface area contributed by atoms with E-state index in [1.807, 2.05) is 12.1 Å². The van der Waals surface area contributed by atoms with Crippen molar-refractivity contribution in [1.82, 2.24) is 0 Å². The average Bonchev–Trinajstić information content (AvgIpc) is 2.64. The number of hydrogen-bond donors (Lipinski definition) is 4. The number of benzene rings is 2. The molecule has 0 amide bonds. The van der Waals surface area contributed by atoms with Crippen LogP contribution in [0.5, 0.6) is 11.5 Å². The average molecular weight is 348 g/mol. The lowest BCUT2D eigenvalue weighted by Crippen LogP contribution is -2.14. The van der Waals surface area contributed by atoms with E-state index in [1.165, 1.54) is 0 Å². The molecule has 134 valence electrons. The first-order chi connectivity index (χ1) is 12.5. The van der Waals surface area contributed by atoms with E-state index in [0.29, 0.717) is 46.5 Å². The van der Waals surface area contributed by atoms with Gasteiger partial charge in [0.2, 0.25) is 0 Å². The molecule has 0 radical (unpaired) electrons. The maximum Gasteiger partial charge on any atom is 0.123 e. The van der Waals surface area contributed by atoms with Crippen LogP contribution >= 0.6 is 0 Å². The van der Waals surface area contributed by atoms with Gasteiger partial charge in [-0.1, -0.05) is 48.6 Å². The van der Waals surface area contributed by atoms with Crippen molar-refractivity contribution >= 4 is 11.1 Å². The molecule has 0 saturated heterocycles. The summed E-state index contributed by atoms with van der Waals surface area (Å²) in [6.07, 6.45) is 4.28. The van der Waals surface area contributed by atoms with Gasteiger partial charge in [0.15, 0.2) is 0 Å². The molecule has 2 aromatic rings. The Hall–Kier alpha value is -3.40. The number of nitrogens with two attached hydrogens (primary N) is 2. The molecule has 0 fully saturated rings. The Morgan fingerprint density at radius 3 is 1.38 bits per heavy atom. The van der Waals surface area contributed by atoms with Crippen molar-refractivity contribution < 1.29 is 10.2 Å². The number of aromatic hydroxyl groups is 2. The predicted octanol–water partition coefficient (Wildman–Crippen LogP) is 4.29. The zero-order valence-corrected chi connectivity index (χ0v) is 14.7. The van der Waals surface area contributed by atoms with E-state index < -0.39 is 0 Å². The lowest BCUT2D eigenvalue weighted by atomic mass is 9.93. The Kier molecular flexibility index (Phi) is 6.28. The zero-order chi connectivity index (χ0) is 19.1. The van der Waals surface area contributed by atoms with Gasteiger partial charge in [-0.15, -0.1) is 13.2 Å². The molecular weight excluding hydrogens is 324 g/mol. The van der Waals surface area contributed by atoms with Crippen LogP contribution < -0.4 is 11.5 Å². The molecule has 0 aliphatic carbocycles. The highest BCUT2D eigenvalue weighted by atomic mass is 16.3. The largest absolute Gasteiger partial charge is 0.507 e. The van der Waals surface area contributed by atoms with Gasteiger partial charge < -0.3 is 21.7 Å². The number of rotatable bonds is 7. The monoisotopic (exact) mass is 348 g/mol. The fourth-order valence-corrected chi connectivity index (χ4v) is 2.80. The van der Waals surface area contributed by atoms with Gasteiger partial charge in [-0.05, 0) is 36.1 Å². The second kappa shape index (κ2) is 8.62. The van der Waals surface area contributed by atoms with Crippen LogP contribution in [0, 0.1) is 0 Å². The molecule has 4 nitrogen and oxygen atoms in total. The topological polar surface area (TPSA) is 92.5 Å². The van der Waals surface area contributed by atoms with Gasteiger partial charge in [-0.25, -0.2) is 0 Å². The Morgan fingerprint density at radius 1 is 0.731 bits per heavy atom. The summed E-state index contributed by atoms with van der Waals surface area (Å²) in [5, 5.41) is 20.4. The van der Waals surface area contributed by atoms with Crippen LogP contribution in [0.1, 0.15) is 24.0 Å². The minimum Gasteiger partial charge on any atom is -0.507 e. The molecule has 0 atom stereocenters. The van der Waals surface area contributed by atoms with Gasteiger partial charge in [0.25, 0.3) is 0 Å². The highest BCUT2D eigenvalue weighted by molar-refractivity contribution is 5.82. The normalized spacial score (nSPS) is 12.8. The van der Waals surface area contributed by atoms with E-state index in [0.717, 1.165) is 0 Å². The maximum atomic E-state index is 10.2. The first-order valence-corrected chi connectivity index (χ1v) is 8.27. The van der Waals surface area contributed by atoms with Gasteiger partial charge in [-0.2, -0.15) is 0 Å². The zero-order valence-electron chi connectivity index (χ0n) is 14.7. The van der Waals surface area contributed by atoms with Gasteiger partial charge in [0, 0.05) is 11.1 Å². The second-order valence-electron chi connectivity index (χ2n) is 5.80. The Morgan fingerprint density at radius 2 is 1.08 bits per heavy atom. The van der Waals surface area contributed by atoms with Crippen molar-refractivity contribution in [2.24, 2.45) is 11.5 Å². The van der Waals surface area contributed by atoms with Crippen molar-refractivity contribution in [1.29, 1.82) is 0 Å². The summed E-state index contributed by atoms with van der Waals surface area (Å²) in [6.45, 7) is 7.53. The summed E-state index contributed by atoms with van der Waals surface area (Å²) in [6, 6.07) is 13.9. The summed E-state index contributed by atoms with van der Waals surface area (Å²) in [5.74, 6) is 0.237. The maximum absolute atomic E-state index is 10.2. The number of allylic oxidation sites excluding steroid dienone is 4. The molecule has 0 saturated carbocycles. The number of para-hydroxylation sites is 2. The molecule has 6 N–H and O–H groups in total. The van der Waals surface area contributed by atoms with Crippen LogP contribution in [0.3, 0.4) is 0 Å². The standard InChI is InChI=1S/C22H24N2O2/c1-3-9-17(15-11-5-7-13-19(15)25)21(23)22(24)18(10-4-2)16-12-6-8-14-20(16)26/h3-8,11-14,25-26H,1-2,9-10,23-24H2. The lowest BCUT2D eigenvalue weighted by Gasteiger charge is -2.17. The molecule has 2 aromatic carbocycles. The molecular formula is C22H24N2O2. The molecule has 0 bridgehead atoms. The van der Waals surface area contributed by atoms with E-state index in [9.17, 15) is 10.2 Å². The number of phenols is 2. The van der Waals surface area contributed by atoms with Crippen LogP contribution in [0.2, 0.25) is 0 Å². The summed E-state index contributed by atoms with van der Waals surface area (Å²) >= 11 is 0. The fraction of sp³-hybridized carbons (Fsp3) is 0.0909. The highest BCUT2D eigenvalue weighted by Gasteiger charge is 2.16. The quantitative estimate of drug-likeness (QED) is 0.444. The van der Waals surface area contributed by atoms with E-state index in [1.54, 1.807) is 48.6 Å². The number of phenolic OH excluding ortho intramolecular Hbond substituents is 2. The van der Waals surface area contributed by atoms with E-state index in [-0.39, 0.29) is 11.5 Å². The van der Waals surface area contributed by atoms with E-state index in [2.05, 4.69) is 13.2 Å². The van der Waals surface area contributed by atoms with E-state index in [4.69, 9.17) is 11.5 Å². The van der Waals surface area contributed by atoms with E-state index >= 15 is 0 Å². The van der Waals surface area contributed by atoms with Crippen molar-refractivity contribution in [3.8, 4) is 11.5 Å². The van der Waals surface area contributed by atoms with Gasteiger partial charge in [0.05, 0.1) is 11.4 Å². The molecule has 0 aliphatic heterocycles. The van der Waals surface area contributed by atoms with Crippen LogP contribution in [-0.4, -0.2) is 10.2 Å². The third kappa shape index (κ3) is 3.98. The molecule has 0 aromatic heterocycles. The third-order valence-electron chi connectivity index (χ3n) is 4.10. The van der Waals surface area contributed by atoms with Gasteiger partial charge in [0.1, 0.15) is 11.5 Å². The Balaban J connectivity index is 2.72. The van der Waals surface area contributed by atoms with Crippen LogP contribution in [0.4, 0.5) is 0 Å². The number of hydrogen-bond acceptors (Lipinski definition) is 4. The third-order valence-corrected chi connectivity index (χ3v) is 4.10. The van der Waals surface area contributed by atoms with Crippen molar-refractivity contribution in [3.05, 3.63) is 96.4 Å². The van der Waals surface area contributed by atoms with Gasteiger partial charge in [-0.3, -0.25) is 0 Å². The molecule has 4 heteroatoms. The van der Waals surface area contributed by atoms with Crippen LogP contribution in [0.25, 0.3) is 11.1 Å². The highest BCUT2D eigenvalue weighted by Crippen LogP contribution is 2.34.